The SMILES string of the molecule is Cl.NCC1CCCN1C(=O)C1CCCc2sccc21. The van der Waals surface area contributed by atoms with E-state index in [0.29, 0.717) is 12.5 Å². The number of thiophene rings is 1. The van der Waals surface area contributed by atoms with Gasteiger partial charge in [-0.2, -0.15) is 0 Å². The van der Waals surface area contributed by atoms with Crippen molar-refractivity contribution >= 4 is 29.7 Å². The van der Waals surface area contributed by atoms with Crippen molar-refractivity contribution in [2.45, 2.75) is 44.1 Å². The Balaban J connectivity index is 0.00000133. The van der Waals surface area contributed by atoms with Crippen molar-refractivity contribution in [2.24, 2.45) is 5.73 Å². The van der Waals surface area contributed by atoms with Gasteiger partial charge in [0.05, 0.1) is 5.92 Å². The van der Waals surface area contributed by atoms with E-state index in [1.807, 2.05) is 4.90 Å². The zero-order valence-corrected chi connectivity index (χ0v) is 12.6. The normalized spacial score (nSPS) is 25.8. The Labute approximate surface area is 124 Å². The molecule has 5 heteroatoms. The number of carbonyl (C=O) groups excluding carboxylic acids is 1. The van der Waals surface area contributed by atoms with Gasteiger partial charge < -0.3 is 10.6 Å². The number of carbonyl (C=O) groups is 1. The van der Waals surface area contributed by atoms with Crippen molar-refractivity contribution in [2.75, 3.05) is 13.1 Å². The van der Waals surface area contributed by atoms with Crippen LogP contribution in [0.3, 0.4) is 0 Å². The Morgan fingerprint density at radius 3 is 3.05 bits per heavy atom. The highest BCUT2D eigenvalue weighted by molar-refractivity contribution is 7.10. The molecular weight excluding hydrogens is 280 g/mol. The lowest BCUT2D eigenvalue weighted by atomic mass is 9.86. The summed E-state index contributed by atoms with van der Waals surface area (Å²) in [6.45, 7) is 1.51. The zero-order valence-electron chi connectivity index (χ0n) is 11.0. The van der Waals surface area contributed by atoms with E-state index in [9.17, 15) is 4.79 Å². The predicted octanol–water partition coefficient (Wildman–Crippen LogP) is 2.54. The summed E-state index contributed by atoms with van der Waals surface area (Å²) in [5.74, 6) is 0.425. The standard InChI is InChI=1S/C14H20N2OS.ClH/c15-9-10-3-2-7-16(10)14(17)12-4-1-5-13-11(12)6-8-18-13;/h6,8,10,12H,1-5,7,9,15H2;1H. The first-order chi connectivity index (χ1) is 8.81. The maximum Gasteiger partial charge on any atom is 0.230 e. The van der Waals surface area contributed by atoms with Crippen molar-refractivity contribution in [1.29, 1.82) is 0 Å². The number of nitrogens with two attached hydrogens (primary N) is 1. The lowest BCUT2D eigenvalue weighted by Crippen LogP contribution is -2.42. The molecule has 1 saturated heterocycles. The maximum atomic E-state index is 12.7. The van der Waals surface area contributed by atoms with Crippen LogP contribution in [0.15, 0.2) is 11.4 Å². The zero-order chi connectivity index (χ0) is 12.5. The molecule has 2 unspecified atom stereocenters. The minimum Gasteiger partial charge on any atom is -0.338 e. The number of halogens is 1. The smallest absolute Gasteiger partial charge is 0.230 e. The first-order valence-corrected chi connectivity index (χ1v) is 7.76. The van der Waals surface area contributed by atoms with Crippen molar-refractivity contribution in [3.8, 4) is 0 Å². The van der Waals surface area contributed by atoms with Crippen LogP contribution in [0.4, 0.5) is 0 Å². The number of hydrogen-bond acceptors (Lipinski definition) is 3. The Morgan fingerprint density at radius 1 is 1.42 bits per heavy atom. The van der Waals surface area contributed by atoms with E-state index in [2.05, 4.69) is 11.4 Å². The summed E-state index contributed by atoms with van der Waals surface area (Å²) >= 11 is 1.80. The van der Waals surface area contributed by atoms with Gasteiger partial charge in [-0.1, -0.05) is 0 Å². The van der Waals surface area contributed by atoms with E-state index in [0.717, 1.165) is 38.6 Å². The molecule has 0 bridgehead atoms. The van der Waals surface area contributed by atoms with Crippen molar-refractivity contribution in [3.63, 3.8) is 0 Å². The number of likely N-dealkylation sites (tertiary alicyclic amines) is 1. The number of nitrogens with zero attached hydrogens (tertiary/aromatic N) is 1. The monoisotopic (exact) mass is 300 g/mol. The Morgan fingerprint density at radius 2 is 2.26 bits per heavy atom. The molecule has 2 aliphatic rings. The van der Waals surface area contributed by atoms with Gasteiger partial charge in [0.15, 0.2) is 0 Å². The molecule has 1 aliphatic carbocycles. The molecule has 106 valence electrons. The molecule has 19 heavy (non-hydrogen) atoms. The van der Waals surface area contributed by atoms with Gasteiger partial charge >= 0.3 is 0 Å². The number of amides is 1. The molecule has 0 aromatic carbocycles. The van der Waals surface area contributed by atoms with E-state index < -0.39 is 0 Å². The molecule has 1 aliphatic heterocycles. The van der Waals surface area contributed by atoms with Crippen LogP contribution in [0.25, 0.3) is 0 Å². The molecule has 0 saturated carbocycles. The third-order valence-corrected chi connectivity index (χ3v) is 5.28. The van der Waals surface area contributed by atoms with E-state index in [4.69, 9.17) is 5.73 Å². The number of fused-ring (bicyclic) bond motifs is 1. The predicted molar refractivity (Wildman–Crippen MR) is 81.0 cm³/mol. The summed E-state index contributed by atoms with van der Waals surface area (Å²) in [4.78, 5) is 16.2. The van der Waals surface area contributed by atoms with Gasteiger partial charge in [0, 0.05) is 24.0 Å². The fourth-order valence-electron chi connectivity index (χ4n) is 3.31. The van der Waals surface area contributed by atoms with Crippen LogP contribution in [-0.4, -0.2) is 29.9 Å². The van der Waals surface area contributed by atoms with Crippen LogP contribution in [0.2, 0.25) is 0 Å². The highest BCUT2D eigenvalue weighted by atomic mass is 35.5. The number of aryl methyl sites for hydroxylation is 1. The Kier molecular flexibility index (Phi) is 4.87. The van der Waals surface area contributed by atoms with Crippen LogP contribution in [0.1, 0.15) is 42.0 Å². The highest BCUT2D eigenvalue weighted by Gasteiger charge is 2.35. The maximum absolute atomic E-state index is 12.7. The van der Waals surface area contributed by atoms with E-state index in [-0.39, 0.29) is 24.4 Å². The topological polar surface area (TPSA) is 46.3 Å². The molecule has 3 rings (SSSR count). The van der Waals surface area contributed by atoms with Crippen molar-refractivity contribution in [1.82, 2.24) is 4.90 Å². The molecule has 3 nitrogen and oxygen atoms in total. The third-order valence-electron chi connectivity index (χ3n) is 4.28. The summed E-state index contributed by atoms with van der Waals surface area (Å²) in [7, 11) is 0. The van der Waals surface area contributed by atoms with E-state index in [1.165, 1.54) is 10.4 Å². The second kappa shape index (κ2) is 6.25. The van der Waals surface area contributed by atoms with Gasteiger partial charge in [-0.25, -0.2) is 0 Å². The van der Waals surface area contributed by atoms with Crippen molar-refractivity contribution < 1.29 is 4.79 Å². The van der Waals surface area contributed by atoms with Gasteiger partial charge in [-0.15, -0.1) is 23.7 Å². The van der Waals surface area contributed by atoms with Gasteiger partial charge in [-0.05, 0) is 49.1 Å². The van der Waals surface area contributed by atoms with Gasteiger partial charge in [0.1, 0.15) is 0 Å². The number of rotatable bonds is 2. The van der Waals surface area contributed by atoms with Crippen LogP contribution in [0, 0.1) is 0 Å². The lowest BCUT2D eigenvalue weighted by Gasteiger charge is -2.30. The van der Waals surface area contributed by atoms with Gasteiger partial charge in [0.25, 0.3) is 0 Å². The minimum atomic E-state index is 0. The Hall–Kier alpha value is -0.580. The molecule has 0 radical (unpaired) electrons. The van der Waals surface area contributed by atoms with E-state index >= 15 is 0 Å². The molecule has 1 aromatic heterocycles. The van der Waals surface area contributed by atoms with E-state index in [1.54, 1.807) is 11.3 Å². The second-order valence-electron chi connectivity index (χ2n) is 5.31. The summed E-state index contributed by atoms with van der Waals surface area (Å²) < 4.78 is 0. The van der Waals surface area contributed by atoms with Crippen LogP contribution in [0.5, 0.6) is 0 Å². The molecular formula is C14H21ClN2OS. The largest absolute Gasteiger partial charge is 0.338 e. The fourth-order valence-corrected chi connectivity index (χ4v) is 4.30. The molecule has 1 amide bonds. The highest BCUT2D eigenvalue weighted by Crippen LogP contribution is 2.37. The molecule has 2 heterocycles. The molecule has 1 aromatic rings. The lowest BCUT2D eigenvalue weighted by molar-refractivity contribution is -0.133. The van der Waals surface area contributed by atoms with Crippen LogP contribution in [-0.2, 0) is 11.2 Å². The van der Waals surface area contributed by atoms with Crippen molar-refractivity contribution in [3.05, 3.63) is 21.9 Å². The van der Waals surface area contributed by atoms with Crippen LogP contribution >= 0.6 is 23.7 Å². The summed E-state index contributed by atoms with van der Waals surface area (Å²) in [6.07, 6.45) is 5.49. The fraction of sp³-hybridized carbons (Fsp3) is 0.643. The third kappa shape index (κ3) is 2.67. The summed E-state index contributed by atoms with van der Waals surface area (Å²) in [6, 6.07) is 2.43. The second-order valence-corrected chi connectivity index (χ2v) is 6.31. The molecule has 1 fully saturated rings. The van der Waals surface area contributed by atoms with Gasteiger partial charge in [-0.3, -0.25) is 4.79 Å². The molecule has 2 atom stereocenters. The first-order valence-electron chi connectivity index (χ1n) is 6.88. The minimum absolute atomic E-state index is 0. The summed E-state index contributed by atoms with van der Waals surface area (Å²) in [5.41, 5.74) is 7.07. The van der Waals surface area contributed by atoms with Gasteiger partial charge in [0.2, 0.25) is 5.91 Å². The van der Waals surface area contributed by atoms with Crippen LogP contribution < -0.4 is 5.73 Å². The number of hydrogen-bond donors (Lipinski definition) is 1. The average molecular weight is 301 g/mol. The molecule has 2 N–H and O–H groups in total. The average Bonchev–Trinajstić information content (AvgIpc) is 3.05. The summed E-state index contributed by atoms with van der Waals surface area (Å²) in [5, 5.41) is 2.13. The Bertz CT molecular complexity index is 448. The first kappa shape index (κ1) is 14.8. The molecule has 0 spiro atoms. The quantitative estimate of drug-likeness (QED) is 0.912.